The van der Waals surface area contributed by atoms with Crippen molar-refractivity contribution in [2.45, 2.75) is 45.4 Å². The van der Waals surface area contributed by atoms with Crippen LogP contribution in [-0.2, 0) is 19.6 Å². The predicted molar refractivity (Wildman–Crippen MR) is 67.9 cm³/mol. The molecular weight excluding hydrogens is 276 g/mol. The summed E-state index contributed by atoms with van der Waals surface area (Å²) in [5.74, 6) is -2.33. The number of rotatable bonds is 8. The topological polar surface area (TPSA) is 133 Å². The number of carbonyl (C=O) groups excluding carboxylic acids is 1. The Morgan fingerprint density at radius 3 is 2.16 bits per heavy atom. The van der Waals surface area contributed by atoms with Crippen molar-refractivity contribution >= 4 is 21.9 Å². The highest BCUT2D eigenvalue weighted by Gasteiger charge is 2.28. The lowest BCUT2D eigenvalue weighted by molar-refractivity contribution is -0.144. The summed E-state index contributed by atoms with van der Waals surface area (Å²) in [7, 11) is -3.57. The third-order valence-corrected chi connectivity index (χ3v) is 3.93. The lowest BCUT2D eigenvalue weighted by Crippen LogP contribution is -2.53. The van der Waals surface area contributed by atoms with Gasteiger partial charge in [-0.15, -0.1) is 0 Å². The molecule has 0 aromatic heterocycles. The Morgan fingerprint density at radius 1 is 1.26 bits per heavy atom. The Kier molecular flexibility index (Phi) is 6.95. The van der Waals surface area contributed by atoms with Crippen LogP contribution in [0.5, 0.6) is 0 Å². The first-order chi connectivity index (χ1) is 8.60. The molecule has 0 aliphatic rings. The molecule has 8 nitrogen and oxygen atoms in total. The van der Waals surface area contributed by atoms with Crippen molar-refractivity contribution in [3.05, 3.63) is 0 Å². The molecule has 1 amide bonds. The van der Waals surface area contributed by atoms with Crippen molar-refractivity contribution in [2.75, 3.05) is 5.75 Å². The van der Waals surface area contributed by atoms with Gasteiger partial charge in [-0.3, -0.25) is 4.79 Å². The van der Waals surface area contributed by atoms with Crippen LogP contribution in [-0.4, -0.2) is 54.4 Å². The second kappa shape index (κ2) is 7.41. The van der Waals surface area contributed by atoms with Gasteiger partial charge in [0.15, 0.2) is 6.04 Å². The number of carboxylic acid groups (broad SMARTS) is 1. The first-order valence-corrected chi connectivity index (χ1v) is 7.47. The number of amides is 1. The van der Waals surface area contributed by atoms with Gasteiger partial charge in [0.1, 0.15) is 0 Å². The number of aliphatic hydroxyl groups excluding tert-OH is 1. The molecule has 0 aromatic carbocycles. The van der Waals surface area contributed by atoms with E-state index in [-0.39, 0.29) is 5.75 Å². The molecule has 9 heteroatoms. The molecule has 112 valence electrons. The van der Waals surface area contributed by atoms with Gasteiger partial charge in [0.2, 0.25) is 15.9 Å². The van der Waals surface area contributed by atoms with E-state index in [0.717, 1.165) is 0 Å². The average Bonchev–Trinajstić information content (AvgIpc) is 2.23. The molecule has 3 atom stereocenters. The van der Waals surface area contributed by atoms with Gasteiger partial charge in [0.25, 0.3) is 0 Å². The van der Waals surface area contributed by atoms with Crippen LogP contribution in [0, 0.1) is 0 Å². The smallest absolute Gasteiger partial charge is 0.328 e. The zero-order chi connectivity index (χ0) is 15.2. The Hall–Kier alpha value is -1.19. The third-order valence-electron chi connectivity index (χ3n) is 2.27. The van der Waals surface area contributed by atoms with E-state index in [2.05, 4.69) is 10.0 Å². The van der Waals surface area contributed by atoms with E-state index in [9.17, 15) is 23.1 Å². The SMILES string of the molecule is CCCS(=O)(=O)NC(C)C(=O)N[C@H](C(=O)O)[C@@H](C)O. The lowest BCUT2D eigenvalue weighted by Gasteiger charge is -2.20. The molecule has 0 radical (unpaired) electrons. The highest BCUT2D eigenvalue weighted by molar-refractivity contribution is 7.89. The Balaban J connectivity index is 4.62. The molecule has 0 spiro atoms. The molecule has 1 unspecified atom stereocenters. The molecule has 0 rings (SSSR count). The molecule has 0 aliphatic carbocycles. The number of aliphatic hydroxyl groups is 1. The summed E-state index contributed by atoms with van der Waals surface area (Å²) in [6.07, 6.45) is -0.893. The zero-order valence-electron chi connectivity index (χ0n) is 11.1. The standard InChI is InChI=1S/C10H20N2O6S/c1-4-5-19(17,18)12-6(2)9(14)11-8(7(3)13)10(15)16/h6-8,12-13H,4-5H2,1-3H3,(H,11,14)(H,15,16)/t6?,7-,8+/m1/s1. The molecule has 0 saturated carbocycles. The predicted octanol–water partition coefficient (Wildman–Crippen LogP) is -1.35. The van der Waals surface area contributed by atoms with Gasteiger partial charge < -0.3 is 15.5 Å². The van der Waals surface area contributed by atoms with Crippen LogP contribution in [0.4, 0.5) is 0 Å². The highest BCUT2D eigenvalue weighted by atomic mass is 32.2. The minimum Gasteiger partial charge on any atom is -0.480 e. The van der Waals surface area contributed by atoms with Crippen molar-refractivity contribution in [2.24, 2.45) is 0 Å². The van der Waals surface area contributed by atoms with Gasteiger partial charge in [-0.05, 0) is 20.3 Å². The summed E-state index contributed by atoms with van der Waals surface area (Å²) >= 11 is 0. The first-order valence-electron chi connectivity index (χ1n) is 5.82. The molecule has 0 fully saturated rings. The van der Waals surface area contributed by atoms with Crippen molar-refractivity contribution in [1.82, 2.24) is 10.0 Å². The van der Waals surface area contributed by atoms with Crippen LogP contribution in [0.25, 0.3) is 0 Å². The second-order valence-corrected chi connectivity index (χ2v) is 6.10. The van der Waals surface area contributed by atoms with E-state index in [1.807, 2.05) is 0 Å². The molecule has 4 N–H and O–H groups in total. The monoisotopic (exact) mass is 296 g/mol. The molecule has 0 bridgehead atoms. The number of hydrogen-bond donors (Lipinski definition) is 4. The second-order valence-electron chi connectivity index (χ2n) is 4.22. The molecule has 0 aromatic rings. The maximum atomic E-state index is 11.6. The molecule has 0 aliphatic heterocycles. The number of nitrogens with one attached hydrogen (secondary N) is 2. The minimum absolute atomic E-state index is 0.122. The van der Waals surface area contributed by atoms with Gasteiger partial charge in [-0.1, -0.05) is 6.92 Å². The molecule has 0 saturated heterocycles. The van der Waals surface area contributed by atoms with E-state index in [1.165, 1.54) is 13.8 Å². The number of carboxylic acids is 1. The largest absolute Gasteiger partial charge is 0.480 e. The number of hydrogen-bond acceptors (Lipinski definition) is 5. The minimum atomic E-state index is -3.57. The summed E-state index contributed by atoms with van der Waals surface area (Å²) in [6, 6.07) is -2.59. The third kappa shape index (κ3) is 6.50. The normalized spacial score (nSPS) is 16.4. The highest BCUT2D eigenvalue weighted by Crippen LogP contribution is 1.97. The van der Waals surface area contributed by atoms with Crippen molar-refractivity contribution in [3.63, 3.8) is 0 Å². The van der Waals surface area contributed by atoms with Gasteiger partial charge in [-0.25, -0.2) is 17.9 Å². The average molecular weight is 296 g/mol. The van der Waals surface area contributed by atoms with Crippen LogP contribution < -0.4 is 10.0 Å². The summed E-state index contributed by atoms with van der Waals surface area (Å²) in [4.78, 5) is 22.4. The van der Waals surface area contributed by atoms with Crippen molar-refractivity contribution in [1.29, 1.82) is 0 Å². The van der Waals surface area contributed by atoms with E-state index < -0.39 is 40.1 Å². The van der Waals surface area contributed by atoms with Crippen LogP contribution in [0.3, 0.4) is 0 Å². The van der Waals surface area contributed by atoms with Gasteiger partial charge in [-0.2, -0.15) is 0 Å². The van der Waals surface area contributed by atoms with Crippen molar-refractivity contribution in [3.8, 4) is 0 Å². The molecule has 0 heterocycles. The Morgan fingerprint density at radius 2 is 1.79 bits per heavy atom. The van der Waals surface area contributed by atoms with Crippen LogP contribution in [0.15, 0.2) is 0 Å². The number of carbonyl (C=O) groups is 2. The van der Waals surface area contributed by atoms with E-state index in [0.29, 0.717) is 6.42 Å². The quantitative estimate of drug-likeness (QED) is 0.438. The fourth-order valence-electron chi connectivity index (χ4n) is 1.32. The summed E-state index contributed by atoms with van der Waals surface area (Å²) in [5.41, 5.74) is 0. The van der Waals surface area contributed by atoms with Gasteiger partial charge in [0, 0.05) is 0 Å². The maximum absolute atomic E-state index is 11.6. The Bertz CT molecular complexity index is 420. The van der Waals surface area contributed by atoms with Crippen molar-refractivity contribution < 1.29 is 28.2 Å². The van der Waals surface area contributed by atoms with Gasteiger partial charge in [0.05, 0.1) is 17.9 Å². The summed E-state index contributed by atoms with van der Waals surface area (Å²) in [5, 5.41) is 20.0. The van der Waals surface area contributed by atoms with Crippen LogP contribution in [0.2, 0.25) is 0 Å². The molecule has 19 heavy (non-hydrogen) atoms. The van der Waals surface area contributed by atoms with Crippen LogP contribution in [0.1, 0.15) is 27.2 Å². The van der Waals surface area contributed by atoms with E-state index in [4.69, 9.17) is 5.11 Å². The fraction of sp³-hybridized carbons (Fsp3) is 0.800. The summed E-state index contributed by atoms with van der Waals surface area (Å²) < 4.78 is 25.0. The van der Waals surface area contributed by atoms with E-state index in [1.54, 1.807) is 6.92 Å². The molecular formula is C10H20N2O6S. The zero-order valence-corrected chi connectivity index (χ0v) is 11.9. The Labute approximate surface area is 112 Å². The van der Waals surface area contributed by atoms with Gasteiger partial charge >= 0.3 is 5.97 Å². The fourth-order valence-corrected chi connectivity index (χ4v) is 2.62. The number of aliphatic carboxylic acids is 1. The number of sulfonamides is 1. The maximum Gasteiger partial charge on any atom is 0.328 e. The van der Waals surface area contributed by atoms with Crippen LogP contribution >= 0.6 is 0 Å². The lowest BCUT2D eigenvalue weighted by atomic mass is 10.1. The first kappa shape index (κ1) is 17.8. The summed E-state index contributed by atoms with van der Waals surface area (Å²) in [6.45, 7) is 4.19. The van der Waals surface area contributed by atoms with E-state index >= 15 is 0 Å².